The third-order valence-electron chi connectivity index (χ3n) is 4.87. The van der Waals surface area contributed by atoms with Crippen LogP contribution in [0.5, 0.6) is 5.75 Å². The van der Waals surface area contributed by atoms with Crippen molar-refractivity contribution in [3.8, 4) is 17.0 Å². The first-order valence-electron chi connectivity index (χ1n) is 9.01. The molecule has 1 aromatic carbocycles. The van der Waals surface area contributed by atoms with E-state index in [-0.39, 0.29) is 18.0 Å². The van der Waals surface area contributed by atoms with Crippen LogP contribution in [0.1, 0.15) is 30.9 Å². The predicted molar refractivity (Wildman–Crippen MR) is 105 cm³/mol. The Balaban J connectivity index is 0.00000280. The molecule has 0 radical (unpaired) electrons. The second-order valence-corrected chi connectivity index (χ2v) is 6.87. The van der Waals surface area contributed by atoms with Gasteiger partial charge in [-0.15, -0.1) is 22.6 Å². The summed E-state index contributed by atoms with van der Waals surface area (Å²) in [5.41, 5.74) is 0.00783. The number of nitrogens with one attached hydrogen (secondary N) is 1. The SMILES string of the molecule is CCN1CCC[C@@H](Nc2ccc(-c3c(C)cc(C(F)(F)F)cc3O)nn2)C1.Cl. The number of benzene rings is 1. The molecule has 1 aliphatic heterocycles. The number of hydrogen-bond acceptors (Lipinski definition) is 5. The summed E-state index contributed by atoms with van der Waals surface area (Å²) < 4.78 is 38.6. The molecule has 28 heavy (non-hydrogen) atoms. The molecule has 1 aromatic heterocycles. The minimum Gasteiger partial charge on any atom is -0.507 e. The first-order valence-corrected chi connectivity index (χ1v) is 9.01. The Morgan fingerprint density at radius 3 is 2.57 bits per heavy atom. The number of halogens is 4. The van der Waals surface area contributed by atoms with Gasteiger partial charge in [-0.05, 0) is 62.7 Å². The number of aromatic nitrogens is 2. The molecule has 0 aliphatic carbocycles. The number of likely N-dealkylation sites (N-methyl/N-ethyl adjacent to an activating group) is 1. The molecule has 2 aromatic rings. The second kappa shape index (κ2) is 8.96. The van der Waals surface area contributed by atoms with Gasteiger partial charge in [-0.1, -0.05) is 6.92 Å². The summed E-state index contributed by atoms with van der Waals surface area (Å²) in [6.07, 6.45) is -2.33. The van der Waals surface area contributed by atoms with E-state index >= 15 is 0 Å². The van der Waals surface area contributed by atoms with Crippen LogP contribution in [0.15, 0.2) is 24.3 Å². The highest BCUT2D eigenvalue weighted by molar-refractivity contribution is 5.85. The molecule has 2 heterocycles. The Morgan fingerprint density at radius 2 is 2.00 bits per heavy atom. The number of phenols is 1. The quantitative estimate of drug-likeness (QED) is 0.768. The number of aromatic hydroxyl groups is 1. The van der Waals surface area contributed by atoms with Crippen LogP contribution >= 0.6 is 12.4 Å². The van der Waals surface area contributed by atoms with Crippen molar-refractivity contribution in [1.29, 1.82) is 0 Å². The lowest BCUT2D eigenvalue weighted by atomic mass is 10.0. The molecule has 2 N–H and O–H groups in total. The van der Waals surface area contributed by atoms with Crippen LogP contribution in [-0.4, -0.2) is 45.9 Å². The largest absolute Gasteiger partial charge is 0.507 e. The zero-order chi connectivity index (χ0) is 19.6. The smallest absolute Gasteiger partial charge is 0.416 e. The number of aryl methyl sites for hydroxylation is 1. The van der Waals surface area contributed by atoms with Crippen molar-refractivity contribution < 1.29 is 18.3 Å². The second-order valence-electron chi connectivity index (χ2n) is 6.87. The fourth-order valence-electron chi connectivity index (χ4n) is 3.48. The van der Waals surface area contributed by atoms with Gasteiger partial charge in [0.2, 0.25) is 0 Å². The van der Waals surface area contributed by atoms with E-state index in [0.29, 0.717) is 23.1 Å². The molecule has 0 amide bonds. The molecule has 1 aliphatic rings. The first kappa shape index (κ1) is 22.2. The predicted octanol–water partition coefficient (Wildman–Crippen LogP) is 4.49. The average molecular weight is 417 g/mol. The molecule has 0 unspecified atom stereocenters. The fraction of sp³-hybridized carbons (Fsp3) is 0.474. The molecule has 154 valence electrons. The summed E-state index contributed by atoms with van der Waals surface area (Å²) in [4.78, 5) is 2.37. The van der Waals surface area contributed by atoms with Gasteiger partial charge < -0.3 is 15.3 Å². The number of alkyl halides is 3. The Bertz CT molecular complexity index is 776. The van der Waals surface area contributed by atoms with Crippen molar-refractivity contribution in [3.63, 3.8) is 0 Å². The number of piperidine rings is 1. The minimum atomic E-state index is -4.51. The summed E-state index contributed by atoms with van der Waals surface area (Å²) in [6.45, 7) is 6.70. The molecule has 0 saturated carbocycles. The lowest BCUT2D eigenvalue weighted by Gasteiger charge is -2.32. The highest BCUT2D eigenvalue weighted by Crippen LogP contribution is 2.38. The van der Waals surface area contributed by atoms with E-state index in [9.17, 15) is 18.3 Å². The van der Waals surface area contributed by atoms with Crippen LogP contribution in [0, 0.1) is 6.92 Å². The molecule has 5 nitrogen and oxygen atoms in total. The van der Waals surface area contributed by atoms with Crippen molar-refractivity contribution >= 4 is 18.2 Å². The third kappa shape index (κ3) is 5.05. The normalized spacial score (nSPS) is 17.8. The number of anilines is 1. The van der Waals surface area contributed by atoms with Crippen LogP contribution in [0.3, 0.4) is 0 Å². The maximum absolute atomic E-state index is 12.9. The molecular weight excluding hydrogens is 393 g/mol. The lowest BCUT2D eigenvalue weighted by Crippen LogP contribution is -2.42. The zero-order valence-corrected chi connectivity index (χ0v) is 16.6. The van der Waals surface area contributed by atoms with E-state index < -0.39 is 17.5 Å². The van der Waals surface area contributed by atoms with Gasteiger partial charge in [0.15, 0.2) is 0 Å². The topological polar surface area (TPSA) is 61.3 Å². The van der Waals surface area contributed by atoms with E-state index in [4.69, 9.17) is 0 Å². The molecule has 1 atom stereocenters. The number of rotatable bonds is 4. The van der Waals surface area contributed by atoms with Crippen molar-refractivity contribution in [2.75, 3.05) is 25.0 Å². The highest BCUT2D eigenvalue weighted by atomic mass is 35.5. The van der Waals surface area contributed by atoms with Gasteiger partial charge in [0, 0.05) is 18.2 Å². The Kier molecular flexibility index (Phi) is 7.11. The summed E-state index contributed by atoms with van der Waals surface area (Å²) in [5.74, 6) is 0.161. The molecular formula is C19H24ClF3N4O. The van der Waals surface area contributed by atoms with Gasteiger partial charge in [0.1, 0.15) is 11.6 Å². The summed E-state index contributed by atoms with van der Waals surface area (Å²) in [5, 5.41) is 21.7. The van der Waals surface area contributed by atoms with Gasteiger partial charge in [0.05, 0.1) is 11.3 Å². The summed E-state index contributed by atoms with van der Waals surface area (Å²) in [7, 11) is 0. The van der Waals surface area contributed by atoms with E-state index in [1.165, 1.54) is 6.92 Å². The van der Waals surface area contributed by atoms with Crippen molar-refractivity contribution in [1.82, 2.24) is 15.1 Å². The summed E-state index contributed by atoms with van der Waals surface area (Å²) >= 11 is 0. The van der Waals surface area contributed by atoms with E-state index in [1.54, 1.807) is 12.1 Å². The van der Waals surface area contributed by atoms with Gasteiger partial charge in [0.25, 0.3) is 0 Å². The standard InChI is InChI=1S/C19H23F3N4O.ClH/c1-3-26-8-4-5-14(11-26)23-17-7-6-15(24-25-17)18-12(2)9-13(10-16(18)27)19(20,21)22;/h6-7,9-10,14,27H,3-5,8,11H2,1-2H3,(H,23,25);1H/t14-;/m1./s1. The van der Waals surface area contributed by atoms with Gasteiger partial charge in [-0.2, -0.15) is 13.2 Å². The maximum Gasteiger partial charge on any atom is 0.416 e. The van der Waals surface area contributed by atoms with E-state index in [1.807, 2.05) is 0 Å². The number of likely N-dealkylation sites (tertiary alicyclic amines) is 1. The molecule has 1 saturated heterocycles. The maximum atomic E-state index is 12.9. The van der Waals surface area contributed by atoms with Crippen molar-refractivity contribution in [3.05, 3.63) is 35.4 Å². The van der Waals surface area contributed by atoms with Gasteiger partial charge >= 0.3 is 6.18 Å². The average Bonchev–Trinajstić information content (AvgIpc) is 2.62. The molecule has 0 bridgehead atoms. The van der Waals surface area contributed by atoms with E-state index in [0.717, 1.165) is 44.6 Å². The number of hydrogen-bond donors (Lipinski definition) is 2. The fourth-order valence-corrected chi connectivity index (χ4v) is 3.48. The number of nitrogens with zero attached hydrogens (tertiary/aromatic N) is 3. The highest BCUT2D eigenvalue weighted by Gasteiger charge is 2.32. The van der Waals surface area contributed by atoms with Crippen molar-refractivity contribution in [2.45, 2.75) is 38.9 Å². The molecule has 9 heteroatoms. The lowest BCUT2D eigenvalue weighted by molar-refractivity contribution is -0.137. The molecule has 1 fully saturated rings. The van der Waals surface area contributed by atoms with E-state index in [2.05, 4.69) is 27.3 Å². The molecule has 3 rings (SSSR count). The van der Waals surface area contributed by atoms with Crippen LogP contribution in [0.2, 0.25) is 0 Å². The minimum absolute atomic E-state index is 0. The van der Waals surface area contributed by atoms with Crippen LogP contribution in [0.25, 0.3) is 11.3 Å². The van der Waals surface area contributed by atoms with Crippen LogP contribution in [-0.2, 0) is 6.18 Å². The van der Waals surface area contributed by atoms with Crippen molar-refractivity contribution in [2.24, 2.45) is 0 Å². The third-order valence-corrected chi connectivity index (χ3v) is 4.87. The zero-order valence-electron chi connectivity index (χ0n) is 15.8. The first-order chi connectivity index (χ1) is 12.8. The Morgan fingerprint density at radius 1 is 1.25 bits per heavy atom. The Labute approximate surface area is 168 Å². The van der Waals surface area contributed by atoms with Gasteiger partial charge in [-0.25, -0.2) is 0 Å². The van der Waals surface area contributed by atoms with Crippen LogP contribution in [0.4, 0.5) is 19.0 Å². The number of phenolic OH excluding ortho intramolecular Hbond substituents is 1. The monoisotopic (exact) mass is 416 g/mol. The summed E-state index contributed by atoms with van der Waals surface area (Å²) in [6, 6.07) is 5.41. The van der Waals surface area contributed by atoms with Gasteiger partial charge in [-0.3, -0.25) is 0 Å². The molecule has 0 spiro atoms. The Hall–Kier alpha value is -2.06. The van der Waals surface area contributed by atoms with Crippen LogP contribution < -0.4 is 5.32 Å².